The van der Waals surface area contributed by atoms with Gasteiger partial charge in [-0.15, -0.1) is 0 Å². The molecular weight excluding hydrogens is 210 g/mol. The largest absolute Gasteiger partial charge is 0.303 e. The molecule has 2 atom stereocenters. The first-order valence-electron chi connectivity index (χ1n) is 6.66. The lowest BCUT2D eigenvalue weighted by Crippen LogP contribution is -2.49. The number of likely N-dealkylation sites (tertiary alicyclic amines) is 1. The number of piperidine rings is 1. The molecule has 0 aromatic heterocycles. The van der Waals surface area contributed by atoms with Crippen LogP contribution in [0.5, 0.6) is 0 Å². The van der Waals surface area contributed by atoms with Crippen molar-refractivity contribution in [1.29, 1.82) is 5.26 Å². The smallest absolute Gasteiger partial charge is 0.105 e. The summed E-state index contributed by atoms with van der Waals surface area (Å²) >= 11 is 0. The molecule has 0 bridgehead atoms. The van der Waals surface area contributed by atoms with Gasteiger partial charge in [-0.2, -0.15) is 5.26 Å². The summed E-state index contributed by atoms with van der Waals surface area (Å²) in [7, 11) is 1.87. The minimum Gasteiger partial charge on any atom is -0.303 e. The zero-order chi connectivity index (χ0) is 13.1. The number of nitrogens with zero attached hydrogens (tertiary/aromatic N) is 2. The van der Waals surface area contributed by atoms with Gasteiger partial charge < -0.3 is 10.2 Å². The van der Waals surface area contributed by atoms with Crippen molar-refractivity contribution in [3.63, 3.8) is 0 Å². The van der Waals surface area contributed by atoms with E-state index >= 15 is 0 Å². The summed E-state index contributed by atoms with van der Waals surface area (Å²) < 4.78 is 0. The minimum absolute atomic E-state index is 0.402. The zero-order valence-corrected chi connectivity index (χ0v) is 12.0. The lowest BCUT2D eigenvalue weighted by molar-refractivity contribution is 0.0738. The predicted molar refractivity (Wildman–Crippen MR) is 71.7 cm³/mol. The zero-order valence-electron chi connectivity index (χ0n) is 12.0. The molecule has 2 unspecified atom stereocenters. The molecule has 0 amide bonds. The molecule has 1 rings (SSSR count). The van der Waals surface area contributed by atoms with Crippen molar-refractivity contribution < 1.29 is 0 Å². The Bertz CT molecular complexity index is 292. The van der Waals surface area contributed by atoms with Crippen LogP contribution >= 0.6 is 0 Å². The third-order valence-corrected chi connectivity index (χ3v) is 4.06. The second-order valence-electron chi connectivity index (χ2n) is 6.49. The summed E-state index contributed by atoms with van der Waals surface area (Å²) in [6.45, 7) is 11.2. The molecule has 0 aromatic rings. The highest BCUT2D eigenvalue weighted by molar-refractivity contribution is 5.05. The van der Waals surface area contributed by atoms with E-state index in [4.69, 9.17) is 0 Å². The van der Waals surface area contributed by atoms with Gasteiger partial charge in [-0.05, 0) is 52.1 Å². The quantitative estimate of drug-likeness (QED) is 0.816. The normalized spacial score (nSPS) is 25.9. The number of rotatable bonds is 4. The van der Waals surface area contributed by atoms with E-state index in [0.29, 0.717) is 11.5 Å². The monoisotopic (exact) mass is 237 g/mol. The van der Waals surface area contributed by atoms with Gasteiger partial charge in [0.1, 0.15) is 5.54 Å². The molecule has 1 fully saturated rings. The van der Waals surface area contributed by atoms with Crippen LogP contribution in [0.1, 0.15) is 47.0 Å². The van der Waals surface area contributed by atoms with Crippen LogP contribution in [-0.2, 0) is 0 Å². The van der Waals surface area contributed by atoms with Crippen molar-refractivity contribution in [2.24, 2.45) is 5.41 Å². The van der Waals surface area contributed by atoms with Crippen molar-refractivity contribution in [2.75, 3.05) is 20.1 Å². The second kappa shape index (κ2) is 5.37. The Labute approximate surface area is 106 Å². The highest BCUT2D eigenvalue weighted by atomic mass is 15.2. The lowest BCUT2D eigenvalue weighted by Gasteiger charge is -2.42. The lowest BCUT2D eigenvalue weighted by atomic mass is 9.82. The first kappa shape index (κ1) is 14.5. The molecule has 0 aliphatic carbocycles. The summed E-state index contributed by atoms with van der Waals surface area (Å²) in [4.78, 5) is 2.54. The number of nitrogens with one attached hydrogen (secondary N) is 1. The van der Waals surface area contributed by atoms with Crippen molar-refractivity contribution >= 4 is 0 Å². The van der Waals surface area contributed by atoms with Crippen LogP contribution in [0, 0.1) is 16.7 Å². The Balaban J connectivity index is 2.59. The SMILES string of the molecule is CNC(C)(C#N)CC(C)N1CCCC(C)(C)C1. The third-order valence-electron chi connectivity index (χ3n) is 4.06. The van der Waals surface area contributed by atoms with Crippen LogP contribution in [0.25, 0.3) is 0 Å². The van der Waals surface area contributed by atoms with Crippen LogP contribution < -0.4 is 5.32 Å². The van der Waals surface area contributed by atoms with E-state index in [1.165, 1.54) is 19.4 Å². The summed E-state index contributed by atoms with van der Waals surface area (Å²) in [5, 5.41) is 12.3. The first-order chi connectivity index (χ1) is 7.82. The van der Waals surface area contributed by atoms with Gasteiger partial charge >= 0.3 is 0 Å². The molecule has 1 N–H and O–H groups in total. The fraction of sp³-hybridized carbons (Fsp3) is 0.929. The van der Waals surface area contributed by atoms with Gasteiger partial charge in [-0.3, -0.25) is 0 Å². The van der Waals surface area contributed by atoms with E-state index < -0.39 is 5.54 Å². The molecule has 0 saturated carbocycles. The molecule has 0 aromatic carbocycles. The molecule has 0 radical (unpaired) electrons. The highest BCUT2D eigenvalue weighted by Crippen LogP contribution is 2.30. The highest BCUT2D eigenvalue weighted by Gasteiger charge is 2.32. The summed E-state index contributed by atoms with van der Waals surface area (Å²) in [6, 6.07) is 2.85. The fourth-order valence-electron chi connectivity index (χ4n) is 2.77. The summed E-state index contributed by atoms with van der Waals surface area (Å²) in [6.07, 6.45) is 3.48. The summed E-state index contributed by atoms with van der Waals surface area (Å²) in [5.74, 6) is 0. The standard InChI is InChI=1S/C14H27N3/c1-12(9-14(4,10-15)16-5)17-8-6-7-13(2,3)11-17/h12,16H,6-9,11H2,1-5H3. The number of nitriles is 1. The van der Waals surface area contributed by atoms with Crippen molar-refractivity contribution in [3.05, 3.63) is 0 Å². The van der Waals surface area contributed by atoms with E-state index in [1.54, 1.807) is 0 Å². The number of hydrogen-bond acceptors (Lipinski definition) is 3. The van der Waals surface area contributed by atoms with Gasteiger partial charge in [0.05, 0.1) is 6.07 Å². The van der Waals surface area contributed by atoms with Gasteiger partial charge in [0.25, 0.3) is 0 Å². The molecule has 3 nitrogen and oxygen atoms in total. The number of hydrogen-bond donors (Lipinski definition) is 1. The average Bonchev–Trinajstić information content (AvgIpc) is 2.27. The Kier molecular flexibility index (Phi) is 4.57. The maximum absolute atomic E-state index is 9.20. The van der Waals surface area contributed by atoms with E-state index in [-0.39, 0.29) is 0 Å². The van der Waals surface area contributed by atoms with Crippen LogP contribution in [0.4, 0.5) is 0 Å². The topological polar surface area (TPSA) is 39.1 Å². The van der Waals surface area contributed by atoms with Crippen LogP contribution in [0.15, 0.2) is 0 Å². The molecule has 98 valence electrons. The van der Waals surface area contributed by atoms with Gasteiger partial charge in [0.2, 0.25) is 0 Å². The van der Waals surface area contributed by atoms with Crippen LogP contribution in [0.3, 0.4) is 0 Å². The Hall–Kier alpha value is -0.590. The predicted octanol–water partition coefficient (Wildman–Crippen LogP) is 2.39. The fourth-order valence-corrected chi connectivity index (χ4v) is 2.77. The van der Waals surface area contributed by atoms with Crippen molar-refractivity contribution in [2.45, 2.75) is 58.5 Å². The molecule has 1 saturated heterocycles. The molecule has 17 heavy (non-hydrogen) atoms. The first-order valence-corrected chi connectivity index (χ1v) is 6.66. The van der Waals surface area contributed by atoms with Crippen LogP contribution in [-0.4, -0.2) is 36.6 Å². The maximum Gasteiger partial charge on any atom is 0.105 e. The van der Waals surface area contributed by atoms with Crippen LogP contribution in [0.2, 0.25) is 0 Å². The Morgan fingerprint density at radius 3 is 2.65 bits per heavy atom. The van der Waals surface area contributed by atoms with Crippen molar-refractivity contribution in [3.8, 4) is 6.07 Å². The van der Waals surface area contributed by atoms with Gasteiger partial charge in [0.15, 0.2) is 0 Å². The molecule has 1 aliphatic heterocycles. The van der Waals surface area contributed by atoms with E-state index in [2.05, 4.69) is 37.1 Å². The van der Waals surface area contributed by atoms with Gasteiger partial charge in [-0.25, -0.2) is 0 Å². The molecule has 1 aliphatic rings. The molecule has 3 heteroatoms. The molecule has 0 spiro atoms. The maximum atomic E-state index is 9.20. The van der Waals surface area contributed by atoms with E-state index in [0.717, 1.165) is 13.0 Å². The second-order valence-corrected chi connectivity index (χ2v) is 6.49. The van der Waals surface area contributed by atoms with E-state index in [9.17, 15) is 5.26 Å². The third kappa shape index (κ3) is 3.97. The minimum atomic E-state index is -0.402. The summed E-state index contributed by atoms with van der Waals surface area (Å²) in [5.41, 5.74) is 0.0240. The Morgan fingerprint density at radius 2 is 2.18 bits per heavy atom. The molecular formula is C14H27N3. The average molecular weight is 237 g/mol. The van der Waals surface area contributed by atoms with Gasteiger partial charge in [-0.1, -0.05) is 13.8 Å². The Morgan fingerprint density at radius 1 is 1.53 bits per heavy atom. The van der Waals surface area contributed by atoms with Crippen molar-refractivity contribution in [1.82, 2.24) is 10.2 Å². The van der Waals surface area contributed by atoms with Gasteiger partial charge in [0, 0.05) is 12.6 Å². The molecule has 1 heterocycles. The van der Waals surface area contributed by atoms with E-state index in [1.807, 2.05) is 14.0 Å².